The highest BCUT2D eigenvalue weighted by Crippen LogP contribution is 2.39. The topological polar surface area (TPSA) is 114 Å². The minimum Gasteiger partial charge on any atom is -0.362 e. The van der Waals surface area contributed by atoms with Crippen molar-refractivity contribution < 1.29 is 28.0 Å². The monoisotopic (exact) mass is 335 g/mol. The molecular weight excluding hydrogens is 323 g/mol. The third kappa shape index (κ3) is 2.65. The second-order valence-corrected chi connectivity index (χ2v) is 4.99. The molecule has 1 N–H and O–H groups in total. The van der Waals surface area contributed by atoms with Crippen LogP contribution in [0.15, 0.2) is 11.2 Å². The fourth-order valence-corrected chi connectivity index (χ4v) is 2.14. The van der Waals surface area contributed by atoms with E-state index in [1.807, 2.05) is 0 Å². The summed E-state index contributed by atoms with van der Waals surface area (Å²) in [6, 6.07) is -0.250. The van der Waals surface area contributed by atoms with Crippen LogP contribution in [0.1, 0.15) is 25.1 Å². The second-order valence-electron chi connectivity index (χ2n) is 4.99. The molecule has 126 valence electrons. The van der Waals surface area contributed by atoms with Crippen LogP contribution >= 0.6 is 0 Å². The van der Waals surface area contributed by atoms with Gasteiger partial charge >= 0.3 is 12.0 Å². The van der Waals surface area contributed by atoms with Gasteiger partial charge in [0.15, 0.2) is 6.04 Å². The van der Waals surface area contributed by atoms with E-state index in [9.17, 15) is 33.2 Å². The molecule has 0 bridgehead atoms. The molecule has 2 rings (SSSR count). The summed E-state index contributed by atoms with van der Waals surface area (Å²) in [6.45, 7) is 2.61. The van der Waals surface area contributed by atoms with Crippen molar-refractivity contribution in [3.05, 3.63) is 21.9 Å². The zero-order valence-corrected chi connectivity index (χ0v) is 12.0. The molecule has 1 aliphatic rings. The number of aliphatic hydroxyl groups is 1. The van der Waals surface area contributed by atoms with Gasteiger partial charge in [-0.15, -0.1) is 0 Å². The van der Waals surface area contributed by atoms with E-state index in [2.05, 4.69) is 10.2 Å². The van der Waals surface area contributed by atoms with E-state index in [1.165, 1.54) is 13.8 Å². The molecule has 23 heavy (non-hydrogen) atoms. The van der Waals surface area contributed by atoms with Gasteiger partial charge < -0.3 is 15.2 Å². The van der Waals surface area contributed by atoms with E-state index in [1.54, 1.807) is 0 Å². The largest absolute Gasteiger partial charge is 0.438 e. The number of aromatic nitrogens is 2. The van der Waals surface area contributed by atoms with Crippen molar-refractivity contribution in [2.45, 2.75) is 38.2 Å². The molecule has 12 heteroatoms. The van der Waals surface area contributed by atoms with E-state index < -0.39 is 41.0 Å². The molecule has 0 unspecified atom stereocenters. The van der Waals surface area contributed by atoms with Crippen molar-refractivity contribution in [3.8, 4) is 0 Å². The maximum atomic E-state index is 13.0. The minimum absolute atomic E-state index is 0.0649. The van der Waals surface area contributed by atoms with Crippen molar-refractivity contribution in [3.63, 3.8) is 0 Å². The highest BCUT2D eigenvalue weighted by Gasteiger charge is 2.62. The predicted octanol–water partition coefficient (Wildman–Crippen LogP) is 1.13. The lowest BCUT2D eigenvalue weighted by molar-refractivity contribution is -0.389. The molecule has 0 spiro atoms. The Bertz CT molecular complexity index is 686. The molecule has 2 atom stereocenters. The number of hydrogen-bond donors (Lipinski definition) is 1. The number of carbonyl (C=O) groups is 1. The summed E-state index contributed by atoms with van der Waals surface area (Å²) in [5.41, 5.74) is -3.23. The summed E-state index contributed by atoms with van der Waals surface area (Å²) in [5, 5.41) is 27.2. The summed E-state index contributed by atoms with van der Waals surface area (Å²) in [6.07, 6.45) is -5.23. The van der Waals surface area contributed by atoms with Gasteiger partial charge in [0.25, 0.3) is 11.6 Å². The van der Waals surface area contributed by atoms with Gasteiger partial charge in [-0.25, -0.2) is 0 Å². The Balaban J connectivity index is 2.33. The van der Waals surface area contributed by atoms with Crippen LogP contribution in [0.25, 0.3) is 0 Å². The molecule has 0 aliphatic carbocycles. The Hall–Kier alpha value is -2.50. The van der Waals surface area contributed by atoms with Crippen molar-refractivity contribution in [1.82, 2.24) is 14.8 Å². The zero-order valence-electron chi connectivity index (χ0n) is 12.0. The lowest BCUT2D eigenvalue weighted by atomic mass is 10.1. The van der Waals surface area contributed by atoms with Crippen LogP contribution in [-0.4, -0.2) is 48.8 Å². The van der Waals surface area contributed by atoms with Gasteiger partial charge in [-0.3, -0.25) is 4.79 Å². The molecule has 0 radical (unpaired) electrons. The number of hydrazone groups is 1. The molecule has 1 aromatic rings. The van der Waals surface area contributed by atoms with Gasteiger partial charge in [0, 0.05) is 12.6 Å². The fourth-order valence-electron chi connectivity index (χ4n) is 2.14. The maximum Gasteiger partial charge on any atom is 0.438 e. The molecule has 2 heterocycles. The fraction of sp³-hybridized carbons (Fsp3) is 0.545. The Labute approximate surface area is 127 Å². The molecule has 0 fully saturated rings. The number of halogens is 3. The van der Waals surface area contributed by atoms with E-state index in [4.69, 9.17) is 0 Å². The number of aryl methyl sites for hydroxylation is 1. The SMILES string of the molecule is Cc1cc([N+](=O)[O-])nn1[C@@H](C)C(=O)N1N=CC[C@]1(O)C(F)(F)F. The van der Waals surface area contributed by atoms with Crippen molar-refractivity contribution >= 4 is 17.9 Å². The normalized spacial score (nSPS) is 22.4. The summed E-state index contributed by atoms with van der Waals surface area (Å²) in [4.78, 5) is 22.1. The number of rotatable bonds is 3. The minimum atomic E-state index is -5.11. The van der Waals surface area contributed by atoms with Gasteiger partial charge in [0.1, 0.15) is 0 Å². The first-order valence-electron chi connectivity index (χ1n) is 6.35. The average molecular weight is 335 g/mol. The standard InChI is InChI=1S/C11H12F3N5O4/c1-6-5-8(19(22)23)16-17(6)7(2)9(20)18-10(21,3-4-15-18)11(12,13)14/h4-5,7,21H,3H2,1-2H3/t7-,10-/m0/s1. The molecule has 9 nitrogen and oxygen atoms in total. The molecule has 0 saturated carbocycles. The molecule has 0 aromatic carbocycles. The summed E-state index contributed by atoms with van der Waals surface area (Å²) in [5.74, 6) is -1.74. The molecule has 0 saturated heterocycles. The van der Waals surface area contributed by atoms with Gasteiger partial charge in [-0.05, 0) is 18.8 Å². The molecule has 1 aromatic heterocycles. The third-order valence-corrected chi connectivity index (χ3v) is 3.41. The Morgan fingerprint density at radius 2 is 2.17 bits per heavy atom. The number of hydrogen-bond acceptors (Lipinski definition) is 6. The van der Waals surface area contributed by atoms with Gasteiger partial charge in [-0.1, -0.05) is 0 Å². The van der Waals surface area contributed by atoms with Crippen LogP contribution in [0.4, 0.5) is 19.0 Å². The van der Waals surface area contributed by atoms with Crippen molar-refractivity contribution in [2.24, 2.45) is 5.10 Å². The number of nitro groups is 1. The predicted molar refractivity (Wildman–Crippen MR) is 69.3 cm³/mol. The summed E-state index contributed by atoms with van der Waals surface area (Å²) < 4.78 is 39.8. The van der Waals surface area contributed by atoms with Crippen LogP contribution in [0, 0.1) is 17.0 Å². The van der Waals surface area contributed by atoms with Gasteiger partial charge in [-0.2, -0.15) is 28.0 Å². The van der Waals surface area contributed by atoms with E-state index in [0.29, 0.717) is 0 Å². The number of nitrogens with zero attached hydrogens (tertiary/aromatic N) is 5. The first kappa shape index (κ1) is 16.9. The maximum absolute atomic E-state index is 13.0. The smallest absolute Gasteiger partial charge is 0.362 e. The van der Waals surface area contributed by atoms with E-state index in [-0.39, 0.29) is 10.7 Å². The Morgan fingerprint density at radius 1 is 1.57 bits per heavy atom. The summed E-state index contributed by atoms with van der Waals surface area (Å²) >= 11 is 0. The first-order chi connectivity index (χ1) is 10.5. The van der Waals surface area contributed by atoms with Gasteiger partial charge in [0.2, 0.25) is 0 Å². The van der Waals surface area contributed by atoms with Crippen LogP contribution < -0.4 is 0 Å². The average Bonchev–Trinajstić information content (AvgIpc) is 3.01. The van der Waals surface area contributed by atoms with Gasteiger partial charge in [0.05, 0.1) is 16.9 Å². The molecule has 1 amide bonds. The molecule has 1 aliphatic heterocycles. The molecular formula is C11H12F3N5O4. The van der Waals surface area contributed by atoms with Crippen LogP contribution in [0.3, 0.4) is 0 Å². The number of carbonyl (C=O) groups excluding carboxylic acids is 1. The van der Waals surface area contributed by atoms with Crippen molar-refractivity contribution in [1.29, 1.82) is 0 Å². The zero-order chi connectivity index (χ0) is 17.6. The highest BCUT2D eigenvalue weighted by atomic mass is 19.4. The first-order valence-corrected chi connectivity index (χ1v) is 6.35. The number of alkyl halides is 3. The van der Waals surface area contributed by atoms with Crippen LogP contribution in [0.5, 0.6) is 0 Å². The van der Waals surface area contributed by atoms with Crippen LogP contribution in [-0.2, 0) is 4.79 Å². The second kappa shape index (κ2) is 5.30. The van der Waals surface area contributed by atoms with E-state index >= 15 is 0 Å². The third-order valence-electron chi connectivity index (χ3n) is 3.41. The van der Waals surface area contributed by atoms with E-state index in [0.717, 1.165) is 17.0 Å². The highest BCUT2D eigenvalue weighted by molar-refractivity contribution is 5.83. The Morgan fingerprint density at radius 3 is 2.65 bits per heavy atom. The lowest BCUT2D eigenvalue weighted by Crippen LogP contribution is -2.57. The number of amides is 1. The van der Waals surface area contributed by atoms with Crippen LogP contribution in [0.2, 0.25) is 0 Å². The Kier molecular flexibility index (Phi) is 3.88. The van der Waals surface area contributed by atoms with Crippen molar-refractivity contribution in [2.75, 3.05) is 0 Å². The quantitative estimate of drug-likeness (QED) is 0.657. The summed E-state index contributed by atoms with van der Waals surface area (Å²) in [7, 11) is 0. The lowest BCUT2D eigenvalue weighted by Gasteiger charge is -2.33.